The molecule has 0 radical (unpaired) electrons. The van der Waals surface area contributed by atoms with Gasteiger partial charge in [-0.15, -0.1) is 5.10 Å². The van der Waals surface area contributed by atoms with Gasteiger partial charge in [-0.1, -0.05) is 27.4 Å². The Kier molecular flexibility index (Phi) is 5.45. The summed E-state index contributed by atoms with van der Waals surface area (Å²) >= 11 is 0. The Labute approximate surface area is 149 Å². The highest BCUT2D eigenvalue weighted by Crippen LogP contribution is 2.26. The number of hydrogen-bond acceptors (Lipinski definition) is 4. The summed E-state index contributed by atoms with van der Waals surface area (Å²) in [6.07, 6.45) is 4.91. The van der Waals surface area contributed by atoms with Crippen molar-refractivity contribution in [3.8, 4) is 0 Å². The molecule has 0 N–H and O–H groups in total. The maximum absolute atomic E-state index is 12.4. The van der Waals surface area contributed by atoms with Crippen molar-refractivity contribution in [2.75, 3.05) is 4.90 Å². The van der Waals surface area contributed by atoms with Gasteiger partial charge in [0.05, 0.1) is 24.5 Å². The van der Waals surface area contributed by atoms with Crippen molar-refractivity contribution in [3.05, 3.63) is 36.3 Å². The highest BCUT2D eigenvalue weighted by Gasteiger charge is 2.26. The fraction of sp³-hybridized carbons (Fsp3) is 0.556. The summed E-state index contributed by atoms with van der Waals surface area (Å²) < 4.78 is 1.90. The second-order valence-electron chi connectivity index (χ2n) is 7.35. The van der Waals surface area contributed by atoms with Crippen LogP contribution in [0.5, 0.6) is 0 Å². The standard InChI is InChI=1S/C18H28N6O/c1-8-16(25)23(15-10-19-24(20-15)13(3)4)12-14-11-22(9-2)21-17(14)18(5,6)7/h8,10-11,13H,1,9,12H2,2-7H3. The summed E-state index contributed by atoms with van der Waals surface area (Å²) in [6.45, 7) is 17.2. The smallest absolute Gasteiger partial charge is 0.251 e. The molecular formula is C18H28N6O. The maximum Gasteiger partial charge on any atom is 0.251 e. The Bertz CT molecular complexity index is 750. The first-order chi connectivity index (χ1) is 11.7. The molecule has 2 aromatic heterocycles. The lowest BCUT2D eigenvalue weighted by molar-refractivity contribution is -0.114. The zero-order valence-electron chi connectivity index (χ0n) is 16.0. The van der Waals surface area contributed by atoms with Crippen LogP contribution < -0.4 is 4.90 Å². The third kappa shape index (κ3) is 4.15. The largest absolute Gasteiger partial charge is 0.286 e. The molecule has 0 spiro atoms. The molecule has 2 heterocycles. The molecule has 0 atom stereocenters. The Morgan fingerprint density at radius 1 is 1.36 bits per heavy atom. The number of aryl methyl sites for hydroxylation is 1. The van der Waals surface area contributed by atoms with Crippen molar-refractivity contribution < 1.29 is 4.79 Å². The predicted octanol–water partition coefficient (Wildman–Crippen LogP) is 3.09. The third-order valence-corrected chi connectivity index (χ3v) is 3.88. The number of aromatic nitrogens is 5. The highest BCUT2D eigenvalue weighted by molar-refractivity contribution is 6.00. The lowest BCUT2D eigenvalue weighted by atomic mass is 9.89. The molecule has 0 aliphatic heterocycles. The first kappa shape index (κ1) is 18.9. The molecule has 0 saturated heterocycles. The van der Waals surface area contributed by atoms with Crippen molar-refractivity contribution in [1.29, 1.82) is 0 Å². The van der Waals surface area contributed by atoms with Gasteiger partial charge in [0.1, 0.15) is 0 Å². The average molecular weight is 344 g/mol. The van der Waals surface area contributed by atoms with Gasteiger partial charge in [0.15, 0.2) is 5.82 Å². The molecule has 0 unspecified atom stereocenters. The summed E-state index contributed by atoms with van der Waals surface area (Å²) in [5.74, 6) is 0.308. The van der Waals surface area contributed by atoms with Crippen LogP contribution in [0.3, 0.4) is 0 Å². The van der Waals surface area contributed by atoms with Gasteiger partial charge in [-0.05, 0) is 26.8 Å². The Hall–Kier alpha value is -2.44. The number of rotatable bonds is 6. The minimum atomic E-state index is -0.208. The fourth-order valence-corrected chi connectivity index (χ4v) is 2.56. The van der Waals surface area contributed by atoms with E-state index < -0.39 is 0 Å². The van der Waals surface area contributed by atoms with Crippen LogP contribution in [0.15, 0.2) is 25.0 Å². The SMILES string of the molecule is C=CC(=O)N(Cc1cn(CC)nc1C(C)(C)C)c1cnn(C(C)C)n1. The topological polar surface area (TPSA) is 68.8 Å². The fourth-order valence-electron chi connectivity index (χ4n) is 2.56. The van der Waals surface area contributed by atoms with Crippen molar-refractivity contribution in [3.63, 3.8) is 0 Å². The number of carbonyl (C=O) groups excluding carboxylic acids is 1. The average Bonchev–Trinajstić information content (AvgIpc) is 3.18. The van der Waals surface area contributed by atoms with Gasteiger partial charge in [0.2, 0.25) is 0 Å². The number of nitrogens with zero attached hydrogens (tertiary/aromatic N) is 6. The molecule has 1 amide bonds. The van der Waals surface area contributed by atoms with Crippen LogP contribution in [-0.4, -0.2) is 30.7 Å². The maximum atomic E-state index is 12.4. The first-order valence-electron chi connectivity index (χ1n) is 8.60. The first-order valence-corrected chi connectivity index (χ1v) is 8.60. The minimum Gasteiger partial charge on any atom is -0.286 e. The van der Waals surface area contributed by atoms with Crippen LogP contribution >= 0.6 is 0 Å². The van der Waals surface area contributed by atoms with Crippen molar-refractivity contribution in [2.24, 2.45) is 0 Å². The monoisotopic (exact) mass is 344 g/mol. The zero-order chi connectivity index (χ0) is 18.8. The van der Waals surface area contributed by atoms with Crippen LogP contribution in [0.2, 0.25) is 0 Å². The van der Waals surface area contributed by atoms with Gasteiger partial charge >= 0.3 is 0 Å². The van der Waals surface area contributed by atoms with Gasteiger partial charge in [0.25, 0.3) is 5.91 Å². The molecule has 0 fully saturated rings. The third-order valence-electron chi connectivity index (χ3n) is 3.88. The number of amides is 1. The van der Waals surface area contributed by atoms with E-state index in [1.807, 2.05) is 31.6 Å². The van der Waals surface area contributed by atoms with Gasteiger partial charge in [-0.2, -0.15) is 15.0 Å². The summed E-state index contributed by atoms with van der Waals surface area (Å²) in [4.78, 5) is 15.6. The summed E-state index contributed by atoms with van der Waals surface area (Å²) in [5, 5.41) is 13.4. The van der Waals surface area contributed by atoms with E-state index in [9.17, 15) is 4.79 Å². The van der Waals surface area contributed by atoms with Gasteiger partial charge in [-0.3, -0.25) is 14.4 Å². The van der Waals surface area contributed by atoms with Crippen LogP contribution in [0.25, 0.3) is 0 Å². The Morgan fingerprint density at radius 3 is 2.52 bits per heavy atom. The van der Waals surface area contributed by atoms with E-state index in [4.69, 9.17) is 0 Å². The molecule has 7 nitrogen and oxygen atoms in total. The molecule has 2 rings (SSSR count). The van der Waals surface area contributed by atoms with Crippen LogP contribution in [-0.2, 0) is 23.3 Å². The molecule has 0 aliphatic rings. The van der Waals surface area contributed by atoms with Gasteiger partial charge in [0, 0.05) is 23.7 Å². The van der Waals surface area contributed by atoms with Crippen LogP contribution in [0.1, 0.15) is 58.8 Å². The van der Waals surface area contributed by atoms with Crippen molar-refractivity contribution >= 4 is 11.7 Å². The second kappa shape index (κ2) is 7.21. The molecule has 136 valence electrons. The summed E-state index contributed by atoms with van der Waals surface area (Å²) in [6, 6.07) is 0.127. The van der Waals surface area contributed by atoms with E-state index in [1.54, 1.807) is 15.9 Å². The zero-order valence-corrected chi connectivity index (χ0v) is 16.0. The van der Waals surface area contributed by atoms with E-state index in [2.05, 4.69) is 42.6 Å². The van der Waals surface area contributed by atoms with E-state index in [-0.39, 0.29) is 17.4 Å². The van der Waals surface area contributed by atoms with Gasteiger partial charge in [-0.25, -0.2) is 0 Å². The quantitative estimate of drug-likeness (QED) is 0.755. The molecule has 0 bridgehead atoms. The second-order valence-corrected chi connectivity index (χ2v) is 7.35. The van der Waals surface area contributed by atoms with Crippen molar-refractivity contribution in [1.82, 2.24) is 24.8 Å². The lowest BCUT2D eigenvalue weighted by Gasteiger charge is -2.22. The lowest BCUT2D eigenvalue weighted by Crippen LogP contribution is -2.30. The molecule has 0 aromatic carbocycles. The number of hydrogen-bond donors (Lipinski definition) is 0. The molecule has 25 heavy (non-hydrogen) atoms. The van der Waals surface area contributed by atoms with Crippen LogP contribution in [0.4, 0.5) is 5.82 Å². The van der Waals surface area contributed by atoms with E-state index in [0.29, 0.717) is 12.4 Å². The summed E-state index contributed by atoms with van der Waals surface area (Å²) in [7, 11) is 0. The van der Waals surface area contributed by atoms with Gasteiger partial charge < -0.3 is 0 Å². The number of carbonyl (C=O) groups is 1. The highest BCUT2D eigenvalue weighted by atomic mass is 16.2. The van der Waals surface area contributed by atoms with Crippen molar-refractivity contribution in [2.45, 2.75) is 66.1 Å². The van der Waals surface area contributed by atoms with E-state index in [1.165, 1.54) is 6.08 Å². The molecule has 0 aliphatic carbocycles. The van der Waals surface area contributed by atoms with E-state index >= 15 is 0 Å². The summed E-state index contributed by atoms with van der Waals surface area (Å²) in [5.41, 5.74) is 1.87. The minimum absolute atomic E-state index is 0.117. The molecular weight excluding hydrogens is 316 g/mol. The predicted molar refractivity (Wildman–Crippen MR) is 98.4 cm³/mol. The Balaban J connectivity index is 2.42. The number of anilines is 1. The Morgan fingerprint density at radius 2 is 2.04 bits per heavy atom. The van der Waals surface area contributed by atoms with E-state index in [0.717, 1.165) is 17.8 Å². The van der Waals surface area contributed by atoms with Crippen LogP contribution in [0, 0.1) is 0 Å². The molecule has 0 saturated carbocycles. The molecule has 7 heteroatoms. The molecule has 2 aromatic rings. The normalized spacial score (nSPS) is 11.8.